The molecule has 0 aliphatic rings. The van der Waals surface area contributed by atoms with Crippen LogP contribution in [0.5, 0.6) is 0 Å². The van der Waals surface area contributed by atoms with E-state index in [9.17, 15) is 0 Å². The predicted molar refractivity (Wildman–Crippen MR) is 234 cm³/mol. The first kappa shape index (κ1) is 30.9. The second-order valence-corrected chi connectivity index (χ2v) is 14.6. The molecule has 3 aromatic heterocycles. The second kappa shape index (κ2) is 12.0. The first-order chi connectivity index (χ1) is 27.8. The molecule has 0 unspecified atom stereocenters. The number of rotatable bonds is 4. The number of benzene rings is 9. The summed E-state index contributed by atoms with van der Waals surface area (Å²) in [6.07, 6.45) is 0. The topological polar surface area (TPSA) is 35.6 Å². The molecule has 0 aliphatic heterocycles. The first-order valence-electron chi connectivity index (χ1n) is 19.1. The molecule has 0 bridgehead atoms. The monoisotopic (exact) mass is 712 g/mol. The lowest BCUT2D eigenvalue weighted by Gasteiger charge is -2.14. The van der Waals surface area contributed by atoms with Gasteiger partial charge in [-0.25, -0.2) is 9.97 Å². The Morgan fingerprint density at radius 3 is 1.54 bits per heavy atom. The van der Waals surface area contributed by atoms with E-state index in [2.05, 4.69) is 203 Å². The lowest BCUT2D eigenvalue weighted by molar-refractivity contribution is 1.01. The average Bonchev–Trinajstić information content (AvgIpc) is 3.78. The highest BCUT2D eigenvalue weighted by atomic mass is 15.2. The summed E-state index contributed by atoms with van der Waals surface area (Å²) in [5.41, 5.74) is 10.8. The summed E-state index contributed by atoms with van der Waals surface area (Å²) in [6.45, 7) is 0. The van der Waals surface area contributed by atoms with Crippen molar-refractivity contribution in [2.45, 2.75) is 0 Å². The third-order valence-corrected chi connectivity index (χ3v) is 11.5. The van der Waals surface area contributed by atoms with Gasteiger partial charge in [-0.1, -0.05) is 133 Å². The molecule has 260 valence electrons. The SMILES string of the molecule is c1ccc(-n2c3ccccc3c3c4c5ccccc5n(-c5nc(-c6ccc7ccccc7c6)c6ccc(-c7ccc8ccccc8c7)cc6n5)c4ccc32)cc1. The largest absolute Gasteiger partial charge is 0.309 e. The molecular weight excluding hydrogens is 681 g/mol. The van der Waals surface area contributed by atoms with E-state index in [-0.39, 0.29) is 0 Å². The Kier molecular flexibility index (Phi) is 6.60. The predicted octanol–water partition coefficient (Wildman–Crippen LogP) is 13.5. The van der Waals surface area contributed by atoms with Crippen molar-refractivity contribution >= 4 is 76.1 Å². The number of aromatic nitrogens is 4. The van der Waals surface area contributed by atoms with Gasteiger partial charge in [0.1, 0.15) is 0 Å². The fraction of sp³-hybridized carbons (Fsp3) is 0. The molecule has 0 amide bonds. The lowest BCUT2D eigenvalue weighted by Crippen LogP contribution is -2.03. The van der Waals surface area contributed by atoms with Crippen LogP contribution < -0.4 is 0 Å². The quantitative estimate of drug-likeness (QED) is 0.182. The summed E-state index contributed by atoms with van der Waals surface area (Å²) < 4.78 is 4.65. The molecule has 4 nitrogen and oxygen atoms in total. The first-order valence-corrected chi connectivity index (χ1v) is 19.1. The van der Waals surface area contributed by atoms with Crippen LogP contribution in [0.25, 0.3) is 110 Å². The van der Waals surface area contributed by atoms with Crippen LogP contribution in [0.15, 0.2) is 194 Å². The van der Waals surface area contributed by atoms with Gasteiger partial charge in [-0.2, -0.15) is 0 Å². The summed E-state index contributed by atoms with van der Waals surface area (Å²) in [5, 5.41) is 10.7. The van der Waals surface area contributed by atoms with Crippen molar-refractivity contribution in [1.82, 2.24) is 19.1 Å². The van der Waals surface area contributed by atoms with E-state index < -0.39 is 0 Å². The van der Waals surface area contributed by atoms with Crippen molar-refractivity contribution in [1.29, 1.82) is 0 Å². The number of hydrogen-bond donors (Lipinski definition) is 0. The minimum atomic E-state index is 0.647. The van der Waals surface area contributed by atoms with Gasteiger partial charge in [0, 0.05) is 38.2 Å². The zero-order chi connectivity index (χ0) is 36.7. The second-order valence-electron chi connectivity index (χ2n) is 14.6. The van der Waals surface area contributed by atoms with Crippen LogP contribution in [-0.4, -0.2) is 19.1 Å². The molecule has 0 atom stereocenters. The van der Waals surface area contributed by atoms with Crippen molar-refractivity contribution in [3.63, 3.8) is 0 Å². The smallest absolute Gasteiger partial charge is 0.235 e. The van der Waals surface area contributed by atoms with Gasteiger partial charge in [-0.15, -0.1) is 0 Å². The van der Waals surface area contributed by atoms with Gasteiger partial charge in [-0.3, -0.25) is 4.57 Å². The fourth-order valence-electron chi connectivity index (χ4n) is 8.91. The molecule has 4 heteroatoms. The Bertz CT molecular complexity index is 3540. The van der Waals surface area contributed by atoms with Crippen molar-refractivity contribution in [2.75, 3.05) is 0 Å². The standard InChI is InChI=1S/C52H32N4/c1-2-16-40(17-3-1)55-45-20-10-8-18-42(45)49-47(55)28-29-48-50(49)43-19-9-11-21-46(43)56(48)52-53-44-32-38(37-24-22-33-12-4-6-14-35(33)30-37)26-27-41(44)51(54-52)39-25-23-34-13-5-7-15-36(34)31-39/h1-32H. The van der Waals surface area contributed by atoms with Crippen LogP contribution in [0, 0.1) is 0 Å². The lowest BCUT2D eigenvalue weighted by atomic mass is 9.98. The van der Waals surface area contributed by atoms with Gasteiger partial charge in [0.25, 0.3) is 0 Å². The van der Waals surface area contributed by atoms with Crippen LogP contribution in [0.3, 0.4) is 0 Å². The Morgan fingerprint density at radius 1 is 0.321 bits per heavy atom. The highest BCUT2D eigenvalue weighted by molar-refractivity contribution is 6.28. The Hall–Kier alpha value is -7.56. The molecular formula is C52H32N4. The van der Waals surface area contributed by atoms with E-state index >= 15 is 0 Å². The molecule has 0 N–H and O–H groups in total. The summed E-state index contributed by atoms with van der Waals surface area (Å²) in [4.78, 5) is 11.0. The maximum atomic E-state index is 5.51. The third-order valence-electron chi connectivity index (χ3n) is 11.5. The van der Waals surface area contributed by atoms with Gasteiger partial charge < -0.3 is 4.57 Å². The minimum Gasteiger partial charge on any atom is -0.309 e. The van der Waals surface area contributed by atoms with Crippen LogP contribution in [0.2, 0.25) is 0 Å². The fourth-order valence-corrected chi connectivity index (χ4v) is 8.91. The Labute approximate surface area is 322 Å². The van der Waals surface area contributed by atoms with E-state index in [1.54, 1.807) is 0 Å². The number of fused-ring (bicyclic) bond motifs is 10. The maximum absolute atomic E-state index is 5.51. The number of nitrogens with zero attached hydrogens (tertiary/aromatic N) is 4. The van der Waals surface area contributed by atoms with Crippen molar-refractivity contribution in [3.8, 4) is 34.0 Å². The van der Waals surface area contributed by atoms with Gasteiger partial charge in [0.2, 0.25) is 5.95 Å². The van der Waals surface area contributed by atoms with Crippen molar-refractivity contribution < 1.29 is 0 Å². The normalized spacial score (nSPS) is 11.9. The van der Waals surface area contributed by atoms with Gasteiger partial charge >= 0.3 is 0 Å². The molecule has 0 fully saturated rings. The van der Waals surface area contributed by atoms with E-state index in [1.807, 2.05) is 0 Å². The van der Waals surface area contributed by atoms with Gasteiger partial charge in [0.15, 0.2) is 0 Å². The van der Waals surface area contributed by atoms with Crippen molar-refractivity contribution in [2.24, 2.45) is 0 Å². The molecule has 12 aromatic rings. The average molecular weight is 713 g/mol. The maximum Gasteiger partial charge on any atom is 0.235 e. The van der Waals surface area contributed by atoms with Gasteiger partial charge in [-0.05, 0) is 93.3 Å². The number of para-hydroxylation sites is 3. The van der Waals surface area contributed by atoms with Crippen LogP contribution in [0.1, 0.15) is 0 Å². The Balaban J connectivity index is 1.17. The van der Waals surface area contributed by atoms with Crippen molar-refractivity contribution in [3.05, 3.63) is 194 Å². The molecule has 3 heterocycles. The summed E-state index contributed by atoms with van der Waals surface area (Å²) in [5.74, 6) is 0.647. The summed E-state index contributed by atoms with van der Waals surface area (Å²) >= 11 is 0. The van der Waals surface area contributed by atoms with Crippen LogP contribution in [0.4, 0.5) is 0 Å². The number of hydrogen-bond acceptors (Lipinski definition) is 2. The van der Waals surface area contributed by atoms with Crippen LogP contribution in [-0.2, 0) is 0 Å². The molecule has 0 radical (unpaired) electrons. The minimum absolute atomic E-state index is 0.647. The summed E-state index contributed by atoms with van der Waals surface area (Å²) in [6, 6.07) is 69.6. The third kappa shape index (κ3) is 4.60. The van der Waals surface area contributed by atoms with Gasteiger partial charge in [0.05, 0.1) is 33.3 Å². The molecule has 0 aliphatic carbocycles. The summed E-state index contributed by atoms with van der Waals surface area (Å²) in [7, 11) is 0. The highest BCUT2D eigenvalue weighted by Gasteiger charge is 2.22. The van der Waals surface area contributed by atoms with E-state index in [4.69, 9.17) is 9.97 Å². The van der Waals surface area contributed by atoms with E-state index in [0.717, 1.165) is 50.0 Å². The zero-order valence-electron chi connectivity index (χ0n) is 30.3. The van der Waals surface area contributed by atoms with Crippen LogP contribution >= 0.6 is 0 Å². The molecule has 12 rings (SSSR count). The molecule has 56 heavy (non-hydrogen) atoms. The zero-order valence-corrected chi connectivity index (χ0v) is 30.3. The van der Waals surface area contributed by atoms with E-state index in [1.165, 1.54) is 54.1 Å². The molecule has 0 saturated heterocycles. The molecule has 9 aromatic carbocycles. The molecule has 0 saturated carbocycles. The highest BCUT2D eigenvalue weighted by Crippen LogP contribution is 2.42. The molecule has 0 spiro atoms. The Morgan fingerprint density at radius 2 is 0.839 bits per heavy atom. The van der Waals surface area contributed by atoms with E-state index in [0.29, 0.717) is 5.95 Å².